The van der Waals surface area contributed by atoms with Crippen LogP contribution in [0.1, 0.15) is 12.8 Å². The second-order valence-corrected chi connectivity index (χ2v) is 6.18. The zero-order valence-corrected chi connectivity index (χ0v) is 10.7. The number of hydrogen-bond acceptors (Lipinski definition) is 3. The van der Waals surface area contributed by atoms with Gasteiger partial charge in [0.2, 0.25) is 10.0 Å². The van der Waals surface area contributed by atoms with E-state index in [1.54, 1.807) is 0 Å². The van der Waals surface area contributed by atoms with E-state index in [0.29, 0.717) is 6.07 Å². The molecule has 1 saturated carbocycles. The molecule has 0 aromatic heterocycles. The van der Waals surface area contributed by atoms with Gasteiger partial charge in [-0.3, -0.25) is 0 Å². The fraction of sp³-hybridized carbons (Fsp3) is 0.455. The highest BCUT2D eigenvalue weighted by Gasteiger charge is 2.34. The van der Waals surface area contributed by atoms with Gasteiger partial charge in [0.25, 0.3) is 0 Å². The van der Waals surface area contributed by atoms with Crippen molar-refractivity contribution < 1.29 is 21.6 Å². The van der Waals surface area contributed by atoms with Crippen molar-refractivity contribution >= 4 is 10.0 Å². The van der Waals surface area contributed by atoms with E-state index in [1.165, 1.54) is 0 Å². The summed E-state index contributed by atoms with van der Waals surface area (Å²) < 4.78 is 65.3. The molecule has 1 aliphatic rings. The Morgan fingerprint density at radius 3 is 2.32 bits per heavy atom. The molecule has 0 radical (unpaired) electrons. The van der Waals surface area contributed by atoms with Crippen LogP contribution in [0.15, 0.2) is 17.0 Å². The molecule has 0 saturated heterocycles. The quantitative estimate of drug-likeness (QED) is 0.799. The molecule has 0 spiro atoms. The lowest BCUT2D eigenvalue weighted by molar-refractivity contribution is 0.477. The largest absolute Gasteiger partial charge is 0.329 e. The molecule has 1 fully saturated rings. The van der Waals surface area contributed by atoms with E-state index in [-0.39, 0.29) is 18.5 Å². The van der Waals surface area contributed by atoms with Crippen LogP contribution in [0.5, 0.6) is 0 Å². The second kappa shape index (κ2) is 5.10. The molecule has 1 atom stereocenters. The minimum Gasteiger partial charge on any atom is -0.329 e. The summed E-state index contributed by atoms with van der Waals surface area (Å²) in [5, 5.41) is 0. The Hall–Kier alpha value is -1.12. The minimum atomic E-state index is -4.26. The number of rotatable bonds is 5. The summed E-state index contributed by atoms with van der Waals surface area (Å²) in [5.41, 5.74) is 5.44. The summed E-state index contributed by atoms with van der Waals surface area (Å²) >= 11 is 0. The van der Waals surface area contributed by atoms with Crippen molar-refractivity contribution in [1.29, 1.82) is 0 Å². The van der Waals surface area contributed by atoms with Crippen molar-refractivity contribution in [3.05, 3.63) is 29.6 Å². The molecule has 0 aliphatic heterocycles. The summed E-state index contributed by atoms with van der Waals surface area (Å²) in [5.74, 6) is -4.07. The van der Waals surface area contributed by atoms with Crippen molar-refractivity contribution in [3.8, 4) is 0 Å². The molecule has 106 valence electrons. The molecule has 1 aromatic carbocycles. The SMILES string of the molecule is NC[C@@H](NS(=O)(=O)c1cc(F)c(F)cc1F)C1CC1. The predicted octanol–water partition coefficient (Wildman–Crippen LogP) is 1.12. The van der Waals surface area contributed by atoms with Crippen molar-refractivity contribution in [3.63, 3.8) is 0 Å². The van der Waals surface area contributed by atoms with E-state index < -0.39 is 38.4 Å². The van der Waals surface area contributed by atoms with Gasteiger partial charge >= 0.3 is 0 Å². The highest BCUT2D eigenvalue weighted by molar-refractivity contribution is 7.89. The van der Waals surface area contributed by atoms with Gasteiger partial charge in [0.1, 0.15) is 10.7 Å². The first-order chi connectivity index (χ1) is 8.85. The fourth-order valence-corrected chi connectivity index (χ4v) is 3.20. The smallest absolute Gasteiger partial charge is 0.243 e. The standard InChI is InChI=1S/C11H13F3N2O2S/c12-7-3-9(14)11(4-8(7)13)19(17,18)16-10(5-15)6-1-2-6/h3-4,6,10,16H,1-2,5,15H2/t10-/m1/s1. The monoisotopic (exact) mass is 294 g/mol. The maximum Gasteiger partial charge on any atom is 0.243 e. The Bertz CT molecular complexity index is 588. The Balaban J connectivity index is 2.31. The summed E-state index contributed by atoms with van der Waals surface area (Å²) in [6, 6.07) is 0.0175. The maximum absolute atomic E-state index is 13.4. The van der Waals surface area contributed by atoms with E-state index in [0.717, 1.165) is 12.8 Å². The van der Waals surface area contributed by atoms with Gasteiger partial charge in [0, 0.05) is 18.7 Å². The summed E-state index contributed by atoms with van der Waals surface area (Å²) in [7, 11) is -4.26. The molecular formula is C11H13F3N2O2S. The molecule has 8 heteroatoms. The van der Waals surface area contributed by atoms with Crippen LogP contribution >= 0.6 is 0 Å². The first-order valence-electron chi connectivity index (χ1n) is 5.72. The molecule has 19 heavy (non-hydrogen) atoms. The van der Waals surface area contributed by atoms with Crippen LogP contribution in [0, 0.1) is 23.4 Å². The third-order valence-corrected chi connectivity index (χ3v) is 4.52. The van der Waals surface area contributed by atoms with Crippen LogP contribution in [-0.2, 0) is 10.0 Å². The van der Waals surface area contributed by atoms with Gasteiger partial charge in [-0.2, -0.15) is 0 Å². The van der Waals surface area contributed by atoms with E-state index >= 15 is 0 Å². The van der Waals surface area contributed by atoms with Crippen LogP contribution in [-0.4, -0.2) is 21.0 Å². The highest BCUT2D eigenvalue weighted by Crippen LogP contribution is 2.33. The molecular weight excluding hydrogens is 281 g/mol. The Kier molecular flexibility index (Phi) is 3.84. The molecule has 0 unspecified atom stereocenters. The Labute approximate surface area is 108 Å². The van der Waals surface area contributed by atoms with Crippen molar-refractivity contribution in [2.45, 2.75) is 23.8 Å². The van der Waals surface area contributed by atoms with Gasteiger partial charge in [-0.1, -0.05) is 0 Å². The lowest BCUT2D eigenvalue weighted by atomic mass is 10.2. The lowest BCUT2D eigenvalue weighted by Gasteiger charge is -2.16. The van der Waals surface area contributed by atoms with Crippen LogP contribution in [0.2, 0.25) is 0 Å². The fourth-order valence-electron chi connectivity index (χ4n) is 1.81. The normalized spacial score (nSPS) is 17.5. The Morgan fingerprint density at radius 1 is 1.21 bits per heavy atom. The van der Waals surface area contributed by atoms with Crippen LogP contribution in [0.3, 0.4) is 0 Å². The van der Waals surface area contributed by atoms with E-state index in [4.69, 9.17) is 5.73 Å². The number of hydrogen-bond donors (Lipinski definition) is 2. The van der Waals surface area contributed by atoms with Crippen molar-refractivity contribution in [1.82, 2.24) is 4.72 Å². The van der Waals surface area contributed by atoms with Gasteiger partial charge < -0.3 is 5.73 Å². The zero-order valence-electron chi connectivity index (χ0n) is 9.87. The molecule has 1 aromatic rings. The number of nitrogens with one attached hydrogen (secondary N) is 1. The van der Waals surface area contributed by atoms with E-state index in [1.807, 2.05) is 0 Å². The topological polar surface area (TPSA) is 72.2 Å². The van der Waals surface area contributed by atoms with E-state index in [2.05, 4.69) is 4.72 Å². The number of sulfonamides is 1. The van der Waals surface area contributed by atoms with Crippen molar-refractivity contribution in [2.75, 3.05) is 6.54 Å². The van der Waals surface area contributed by atoms with Gasteiger partial charge in [-0.25, -0.2) is 26.3 Å². The molecule has 1 aliphatic carbocycles. The van der Waals surface area contributed by atoms with Gasteiger partial charge in [-0.15, -0.1) is 0 Å². The molecule has 2 rings (SSSR count). The highest BCUT2D eigenvalue weighted by atomic mass is 32.2. The average molecular weight is 294 g/mol. The molecule has 4 nitrogen and oxygen atoms in total. The molecule has 3 N–H and O–H groups in total. The van der Waals surface area contributed by atoms with Gasteiger partial charge in [-0.05, 0) is 24.8 Å². The maximum atomic E-state index is 13.4. The van der Waals surface area contributed by atoms with Crippen LogP contribution in [0.25, 0.3) is 0 Å². The van der Waals surface area contributed by atoms with E-state index in [9.17, 15) is 21.6 Å². The summed E-state index contributed by atoms with van der Waals surface area (Å²) in [4.78, 5) is -0.912. The first kappa shape index (κ1) is 14.3. The van der Waals surface area contributed by atoms with Crippen LogP contribution < -0.4 is 10.5 Å². The third-order valence-electron chi connectivity index (χ3n) is 3.02. The molecule has 0 amide bonds. The number of halogens is 3. The number of nitrogens with two attached hydrogens (primary N) is 1. The zero-order chi connectivity index (χ0) is 14.2. The molecule has 0 bridgehead atoms. The minimum absolute atomic E-state index is 0.0647. The predicted molar refractivity (Wildman–Crippen MR) is 62.2 cm³/mol. The molecule has 0 heterocycles. The van der Waals surface area contributed by atoms with Crippen molar-refractivity contribution in [2.24, 2.45) is 11.7 Å². The first-order valence-corrected chi connectivity index (χ1v) is 7.20. The third kappa shape index (κ3) is 3.07. The van der Waals surface area contributed by atoms with Crippen LogP contribution in [0.4, 0.5) is 13.2 Å². The Morgan fingerprint density at radius 2 is 1.79 bits per heavy atom. The summed E-state index contributed by atoms with van der Waals surface area (Å²) in [6.07, 6.45) is 1.68. The lowest BCUT2D eigenvalue weighted by Crippen LogP contribution is -2.42. The van der Waals surface area contributed by atoms with Gasteiger partial charge in [0.15, 0.2) is 11.6 Å². The average Bonchev–Trinajstić information content (AvgIpc) is 3.14. The van der Waals surface area contributed by atoms with Gasteiger partial charge in [0.05, 0.1) is 0 Å². The summed E-state index contributed by atoms with van der Waals surface area (Å²) in [6.45, 7) is 0.0647. The number of benzene rings is 1. The second-order valence-electron chi connectivity index (χ2n) is 4.50.